The van der Waals surface area contributed by atoms with Crippen LogP contribution in [0, 0.1) is 5.92 Å². The Balaban J connectivity index is 1.68. The number of nitrogens with zero attached hydrogens (tertiary/aromatic N) is 3. The minimum Gasteiger partial charge on any atom is -0.340 e. The van der Waals surface area contributed by atoms with Crippen molar-refractivity contribution < 1.29 is 9.32 Å². The summed E-state index contributed by atoms with van der Waals surface area (Å²) in [5.74, 6) is 1.74. The standard InChI is InChI=1S/C22H29N3O2/c1-2-20(26)25(15-17-11-12-17)16-19-21(18-9-5-3-6-10-18)23-27-22(19)24-13-7-4-8-14-24/h3,5-6,9-10,17H,2,4,7-8,11-16H2,1H3. The molecule has 0 spiro atoms. The van der Waals surface area contributed by atoms with Crippen molar-refractivity contribution in [1.29, 1.82) is 0 Å². The zero-order chi connectivity index (χ0) is 18.6. The first-order valence-electron chi connectivity index (χ1n) is 10.3. The third-order valence-corrected chi connectivity index (χ3v) is 5.64. The third kappa shape index (κ3) is 4.18. The molecule has 1 aliphatic carbocycles. The highest BCUT2D eigenvalue weighted by Crippen LogP contribution is 2.35. The van der Waals surface area contributed by atoms with Crippen molar-refractivity contribution >= 4 is 11.8 Å². The second-order valence-corrected chi connectivity index (χ2v) is 7.80. The van der Waals surface area contributed by atoms with Gasteiger partial charge >= 0.3 is 0 Å². The van der Waals surface area contributed by atoms with Crippen LogP contribution in [0.4, 0.5) is 5.88 Å². The summed E-state index contributed by atoms with van der Waals surface area (Å²) in [6, 6.07) is 10.2. The Labute approximate surface area is 161 Å². The molecule has 1 saturated carbocycles. The molecule has 1 aromatic heterocycles. The van der Waals surface area contributed by atoms with Gasteiger partial charge in [0.05, 0.1) is 12.1 Å². The average Bonchev–Trinajstić information content (AvgIpc) is 3.45. The molecule has 4 rings (SSSR count). The second-order valence-electron chi connectivity index (χ2n) is 7.80. The molecule has 2 aliphatic rings. The van der Waals surface area contributed by atoms with Crippen LogP contribution in [0.15, 0.2) is 34.9 Å². The summed E-state index contributed by atoms with van der Waals surface area (Å²) >= 11 is 0. The number of carbonyl (C=O) groups excluding carboxylic acids is 1. The van der Waals surface area contributed by atoms with Gasteiger partial charge in [-0.3, -0.25) is 4.79 Å². The Kier molecular flexibility index (Phi) is 5.46. The van der Waals surface area contributed by atoms with Crippen LogP contribution in [0.1, 0.15) is 51.0 Å². The van der Waals surface area contributed by atoms with Crippen LogP contribution in [0.5, 0.6) is 0 Å². The molecule has 0 unspecified atom stereocenters. The van der Waals surface area contributed by atoms with E-state index in [1.54, 1.807) is 0 Å². The zero-order valence-electron chi connectivity index (χ0n) is 16.2. The van der Waals surface area contributed by atoms with Crippen molar-refractivity contribution in [2.45, 2.75) is 52.0 Å². The molecule has 144 valence electrons. The number of hydrogen-bond donors (Lipinski definition) is 0. The number of piperidine rings is 1. The molecule has 0 radical (unpaired) electrons. The first-order chi connectivity index (χ1) is 13.3. The fourth-order valence-corrected chi connectivity index (χ4v) is 3.89. The first-order valence-corrected chi connectivity index (χ1v) is 10.3. The van der Waals surface area contributed by atoms with Gasteiger partial charge in [-0.05, 0) is 38.0 Å². The highest BCUT2D eigenvalue weighted by Gasteiger charge is 2.30. The summed E-state index contributed by atoms with van der Waals surface area (Å²) in [5, 5.41) is 4.44. The van der Waals surface area contributed by atoms with Crippen molar-refractivity contribution in [2.75, 3.05) is 24.5 Å². The van der Waals surface area contributed by atoms with Crippen LogP contribution in [-0.4, -0.2) is 35.6 Å². The van der Waals surface area contributed by atoms with E-state index in [4.69, 9.17) is 4.52 Å². The SMILES string of the molecule is CCC(=O)N(Cc1c(-c2ccccc2)noc1N1CCCCC1)CC1CC1. The van der Waals surface area contributed by atoms with Crippen LogP contribution < -0.4 is 4.90 Å². The minimum absolute atomic E-state index is 0.215. The van der Waals surface area contributed by atoms with Crippen molar-refractivity contribution in [1.82, 2.24) is 10.1 Å². The third-order valence-electron chi connectivity index (χ3n) is 5.64. The maximum atomic E-state index is 12.6. The van der Waals surface area contributed by atoms with Crippen LogP contribution in [0.3, 0.4) is 0 Å². The predicted octanol–water partition coefficient (Wildman–Crippen LogP) is 4.48. The monoisotopic (exact) mass is 367 g/mol. The van der Waals surface area contributed by atoms with Gasteiger partial charge in [-0.2, -0.15) is 0 Å². The molecule has 1 amide bonds. The summed E-state index contributed by atoms with van der Waals surface area (Å²) in [6.07, 6.45) is 6.65. The Bertz CT molecular complexity index is 761. The van der Waals surface area contributed by atoms with E-state index in [-0.39, 0.29) is 5.91 Å². The van der Waals surface area contributed by atoms with E-state index >= 15 is 0 Å². The normalized spacial score (nSPS) is 17.1. The van der Waals surface area contributed by atoms with E-state index in [1.807, 2.05) is 30.0 Å². The van der Waals surface area contributed by atoms with Gasteiger partial charge in [-0.25, -0.2) is 0 Å². The summed E-state index contributed by atoms with van der Waals surface area (Å²) in [5.41, 5.74) is 2.99. The predicted molar refractivity (Wildman–Crippen MR) is 106 cm³/mol. The molecule has 0 bridgehead atoms. The quantitative estimate of drug-likeness (QED) is 0.724. The van der Waals surface area contributed by atoms with Crippen LogP contribution in [-0.2, 0) is 11.3 Å². The molecule has 2 aromatic rings. The van der Waals surface area contributed by atoms with Crippen molar-refractivity contribution in [3.05, 3.63) is 35.9 Å². The van der Waals surface area contributed by atoms with Crippen molar-refractivity contribution in [3.63, 3.8) is 0 Å². The van der Waals surface area contributed by atoms with Crippen LogP contribution >= 0.6 is 0 Å². The Morgan fingerprint density at radius 1 is 1.19 bits per heavy atom. The van der Waals surface area contributed by atoms with Gasteiger partial charge in [-0.1, -0.05) is 42.4 Å². The maximum absolute atomic E-state index is 12.6. The highest BCUT2D eigenvalue weighted by molar-refractivity contribution is 5.77. The molecular formula is C22H29N3O2. The highest BCUT2D eigenvalue weighted by atomic mass is 16.5. The van der Waals surface area contributed by atoms with Gasteiger partial charge in [0, 0.05) is 31.6 Å². The molecule has 0 N–H and O–H groups in total. The molecule has 27 heavy (non-hydrogen) atoms. The Morgan fingerprint density at radius 2 is 1.93 bits per heavy atom. The summed E-state index contributed by atoms with van der Waals surface area (Å²) in [7, 11) is 0. The van der Waals surface area contributed by atoms with Crippen LogP contribution in [0.2, 0.25) is 0 Å². The number of anilines is 1. The lowest BCUT2D eigenvalue weighted by Gasteiger charge is -2.28. The number of hydrogen-bond acceptors (Lipinski definition) is 4. The van der Waals surface area contributed by atoms with E-state index in [9.17, 15) is 4.79 Å². The molecule has 2 fully saturated rings. The number of carbonyl (C=O) groups is 1. The van der Waals surface area contributed by atoms with E-state index in [2.05, 4.69) is 22.2 Å². The fraction of sp³-hybridized carbons (Fsp3) is 0.545. The van der Waals surface area contributed by atoms with Crippen molar-refractivity contribution in [2.24, 2.45) is 5.92 Å². The summed E-state index contributed by atoms with van der Waals surface area (Å²) in [6.45, 7) is 5.38. The van der Waals surface area contributed by atoms with Gasteiger partial charge in [-0.15, -0.1) is 0 Å². The van der Waals surface area contributed by atoms with E-state index in [0.717, 1.165) is 42.3 Å². The number of amides is 1. The fourth-order valence-electron chi connectivity index (χ4n) is 3.89. The second kappa shape index (κ2) is 8.15. The lowest BCUT2D eigenvalue weighted by Crippen LogP contribution is -2.34. The Morgan fingerprint density at radius 3 is 2.59 bits per heavy atom. The maximum Gasteiger partial charge on any atom is 0.232 e. The van der Waals surface area contributed by atoms with Gasteiger partial charge in [0.2, 0.25) is 11.8 Å². The first kappa shape index (κ1) is 18.1. The molecule has 1 aromatic carbocycles. The van der Waals surface area contributed by atoms with Gasteiger partial charge in [0.25, 0.3) is 0 Å². The zero-order valence-corrected chi connectivity index (χ0v) is 16.2. The van der Waals surface area contributed by atoms with E-state index < -0.39 is 0 Å². The summed E-state index contributed by atoms with van der Waals surface area (Å²) in [4.78, 5) is 16.9. The molecule has 1 saturated heterocycles. The summed E-state index contributed by atoms with van der Waals surface area (Å²) < 4.78 is 5.86. The molecule has 1 aliphatic heterocycles. The van der Waals surface area contributed by atoms with Gasteiger partial charge < -0.3 is 14.3 Å². The molecule has 5 heteroatoms. The average molecular weight is 367 g/mol. The lowest BCUT2D eigenvalue weighted by atomic mass is 10.1. The van der Waals surface area contributed by atoms with Crippen LogP contribution in [0.25, 0.3) is 11.3 Å². The van der Waals surface area contributed by atoms with Gasteiger partial charge in [0.1, 0.15) is 5.69 Å². The number of aromatic nitrogens is 1. The molecule has 2 heterocycles. The lowest BCUT2D eigenvalue weighted by molar-refractivity contribution is -0.131. The topological polar surface area (TPSA) is 49.6 Å². The van der Waals surface area contributed by atoms with Gasteiger partial charge in [0.15, 0.2) is 0 Å². The Hall–Kier alpha value is -2.30. The molecule has 0 atom stereocenters. The smallest absolute Gasteiger partial charge is 0.232 e. The van der Waals surface area contributed by atoms with E-state index in [0.29, 0.717) is 18.9 Å². The largest absolute Gasteiger partial charge is 0.340 e. The molecular weight excluding hydrogens is 338 g/mol. The minimum atomic E-state index is 0.215. The number of benzene rings is 1. The van der Waals surface area contributed by atoms with Crippen molar-refractivity contribution in [3.8, 4) is 11.3 Å². The number of rotatable bonds is 7. The van der Waals surface area contributed by atoms with E-state index in [1.165, 1.54) is 32.1 Å². The molecule has 5 nitrogen and oxygen atoms in total.